The lowest BCUT2D eigenvalue weighted by Crippen LogP contribution is -2.53. The van der Waals surface area contributed by atoms with Crippen LogP contribution < -0.4 is 14.5 Å². The van der Waals surface area contributed by atoms with Crippen molar-refractivity contribution in [3.05, 3.63) is 48.7 Å². The third kappa shape index (κ3) is 5.23. The second kappa shape index (κ2) is 10.8. The molecule has 1 aliphatic carbocycles. The molecule has 1 aliphatic heterocycles. The molecule has 32 heavy (non-hydrogen) atoms. The van der Waals surface area contributed by atoms with Crippen LogP contribution in [0.3, 0.4) is 0 Å². The van der Waals surface area contributed by atoms with Crippen LogP contribution in [0.5, 0.6) is 5.75 Å². The Labute approximate surface area is 192 Å². The number of amides is 1. The highest BCUT2D eigenvalue weighted by Gasteiger charge is 2.31. The summed E-state index contributed by atoms with van der Waals surface area (Å²) >= 11 is 0. The third-order valence-corrected chi connectivity index (χ3v) is 6.96. The SMILES string of the molecule is COc1ccccc1N1CCN([C@H](C)CN(C(=O)C2CCCCC2)c2ccccn2)CC1. The molecule has 2 aromatic rings. The minimum atomic E-state index is 0.139. The number of pyridine rings is 1. The van der Waals surface area contributed by atoms with Crippen molar-refractivity contribution in [1.82, 2.24) is 9.88 Å². The number of ether oxygens (including phenoxy) is 1. The molecule has 1 aromatic carbocycles. The van der Waals surface area contributed by atoms with Gasteiger partial charge in [-0.1, -0.05) is 37.5 Å². The lowest BCUT2D eigenvalue weighted by atomic mass is 9.88. The van der Waals surface area contributed by atoms with Crippen molar-refractivity contribution in [2.45, 2.75) is 45.1 Å². The van der Waals surface area contributed by atoms with E-state index in [1.165, 1.54) is 6.42 Å². The van der Waals surface area contributed by atoms with Gasteiger partial charge in [-0.2, -0.15) is 0 Å². The second-order valence-corrected chi connectivity index (χ2v) is 9.02. The van der Waals surface area contributed by atoms with Crippen LogP contribution in [0.1, 0.15) is 39.0 Å². The van der Waals surface area contributed by atoms with E-state index in [4.69, 9.17) is 4.74 Å². The van der Waals surface area contributed by atoms with Gasteiger partial charge in [0, 0.05) is 50.9 Å². The highest BCUT2D eigenvalue weighted by molar-refractivity contribution is 5.94. The van der Waals surface area contributed by atoms with Gasteiger partial charge in [-0.05, 0) is 44.0 Å². The fraction of sp³-hybridized carbons (Fsp3) is 0.538. The minimum Gasteiger partial charge on any atom is -0.495 e. The van der Waals surface area contributed by atoms with E-state index in [1.54, 1.807) is 13.3 Å². The topological polar surface area (TPSA) is 48.9 Å². The Morgan fingerprint density at radius 3 is 2.47 bits per heavy atom. The Balaban J connectivity index is 1.41. The molecule has 1 saturated heterocycles. The Morgan fingerprint density at radius 1 is 1.06 bits per heavy atom. The van der Waals surface area contributed by atoms with Gasteiger partial charge < -0.3 is 9.64 Å². The van der Waals surface area contributed by atoms with E-state index >= 15 is 0 Å². The normalized spacial score (nSPS) is 18.9. The van der Waals surface area contributed by atoms with E-state index in [0.29, 0.717) is 6.54 Å². The zero-order valence-electron chi connectivity index (χ0n) is 19.4. The summed E-state index contributed by atoms with van der Waals surface area (Å²) in [6.45, 7) is 6.75. The van der Waals surface area contributed by atoms with E-state index in [2.05, 4.69) is 33.8 Å². The number of anilines is 2. The van der Waals surface area contributed by atoms with Crippen LogP contribution >= 0.6 is 0 Å². The van der Waals surface area contributed by atoms with E-state index in [0.717, 1.165) is 69.1 Å². The number of carbonyl (C=O) groups is 1. The molecular weight excluding hydrogens is 400 g/mol. The minimum absolute atomic E-state index is 0.139. The predicted molar refractivity (Wildman–Crippen MR) is 129 cm³/mol. The molecule has 172 valence electrons. The first-order chi connectivity index (χ1) is 15.7. The fourth-order valence-electron chi connectivity index (χ4n) is 5.05. The second-order valence-electron chi connectivity index (χ2n) is 9.02. The highest BCUT2D eigenvalue weighted by Crippen LogP contribution is 2.30. The number of carbonyl (C=O) groups excluding carboxylic acids is 1. The molecule has 0 unspecified atom stereocenters. The van der Waals surface area contributed by atoms with Crippen molar-refractivity contribution in [2.24, 2.45) is 5.92 Å². The van der Waals surface area contributed by atoms with Crippen LogP contribution in [-0.2, 0) is 4.79 Å². The van der Waals surface area contributed by atoms with Crippen LogP contribution in [0.2, 0.25) is 0 Å². The molecule has 1 saturated carbocycles. The zero-order valence-corrected chi connectivity index (χ0v) is 19.4. The summed E-state index contributed by atoms with van der Waals surface area (Å²) in [5, 5.41) is 0. The lowest BCUT2D eigenvalue weighted by molar-refractivity contribution is -0.123. The molecule has 6 nitrogen and oxygen atoms in total. The predicted octanol–water partition coefficient (Wildman–Crippen LogP) is 4.21. The molecule has 2 fully saturated rings. The number of hydrogen-bond donors (Lipinski definition) is 0. The maximum Gasteiger partial charge on any atom is 0.231 e. The summed E-state index contributed by atoms with van der Waals surface area (Å²) in [5.41, 5.74) is 1.16. The van der Waals surface area contributed by atoms with Crippen molar-refractivity contribution in [2.75, 3.05) is 49.6 Å². The number of benzene rings is 1. The van der Waals surface area contributed by atoms with Gasteiger partial charge in [-0.3, -0.25) is 14.6 Å². The molecule has 2 aliphatic rings. The van der Waals surface area contributed by atoms with Crippen LogP contribution in [-0.4, -0.2) is 61.7 Å². The number of methoxy groups -OCH3 is 1. The average molecular weight is 437 g/mol. The van der Waals surface area contributed by atoms with Gasteiger partial charge in [0.05, 0.1) is 12.8 Å². The Kier molecular flexibility index (Phi) is 7.63. The van der Waals surface area contributed by atoms with E-state index < -0.39 is 0 Å². The van der Waals surface area contributed by atoms with Gasteiger partial charge in [-0.15, -0.1) is 0 Å². The number of rotatable bonds is 7. The molecule has 0 bridgehead atoms. The monoisotopic (exact) mass is 436 g/mol. The van der Waals surface area contributed by atoms with Crippen molar-refractivity contribution in [3.63, 3.8) is 0 Å². The first kappa shape index (κ1) is 22.6. The summed E-state index contributed by atoms with van der Waals surface area (Å²) in [7, 11) is 1.73. The molecule has 4 rings (SSSR count). The van der Waals surface area contributed by atoms with Gasteiger partial charge in [0.1, 0.15) is 11.6 Å². The summed E-state index contributed by atoms with van der Waals surface area (Å²) in [5.74, 6) is 2.10. The van der Waals surface area contributed by atoms with Crippen molar-refractivity contribution >= 4 is 17.4 Å². The highest BCUT2D eigenvalue weighted by atomic mass is 16.5. The number of para-hydroxylation sites is 2. The quantitative estimate of drug-likeness (QED) is 0.651. The zero-order chi connectivity index (χ0) is 22.3. The fourth-order valence-corrected chi connectivity index (χ4v) is 5.05. The van der Waals surface area contributed by atoms with Crippen LogP contribution in [0, 0.1) is 5.92 Å². The molecule has 0 N–H and O–H groups in total. The summed E-state index contributed by atoms with van der Waals surface area (Å²) in [4.78, 5) is 24.8. The Morgan fingerprint density at radius 2 is 1.78 bits per heavy atom. The molecule has 0 spiro atoms. The summed E-state index contributed by atoms with van der Waals surface area (Å²) in [6.07, 6.45) is 7.37. The van der Waals surface area contributed by atoms with E-state index in [1.807, 2.05) is 35.2 Å². The number of nitrogens with zero attached hydrogens (tertiary/aromatic N) is 4. The largest absolute Gasteiger partial charge is 0.495 e. The van der Waals surface area contributed by atoms with Gasteiger partial charge in [0.2, 0.25) is 5.91 Å². The van der Waals surface area contributed by atoms with Crippen LogP contribution in [0.4, 0.5) is 11.5 Å². The molecule has 2 heterocycles. The molecule has 0 radical (unpaired) electrons. The first-order valence-corrected chi connectivity index (χ1v) is 12.0. The van der Waals surface area contributed by atoms with Crippen LogP contribution in [0.25, 0.3) is 0 Å². The molecule has 1 aromatic heterocycles. The molecular formula is C26H36N4O2. The van der Waals surface area contributed by atoms with Gasteiger partial charge >= 0.3 is 0 Å². The lowest BCUT2D eigenvalue weighted by Gasteiger charge is -2.41. The Hall–Kier alpha value is -2.60. The van der Waals surface area contributed by atoms with Gasteiger partial charge in [-0.25, -0.2) is 4.98 Å². The summed E-state index contributed by atoms with van der Waals surface area (Å²) < 4.78 is 5.55. The van der Waals surface area contributed by atoms with Crippen molar-refractivity contribution in [1.29, 1.82) is 0 Å². The number of piperazine rings is 1. The number of hydrogen-bond acceptors (Lipinski definition) is 5. The molecule has 6 heteroatoms. The van der Waals surface area contributed by atoms with E-state index in [9.17, 15) is 4.79 Å². The number of aromatic nitrogens is 1. The third-order valence-electron chi connectivity index (χ3n) is 6.96. The summed E-state index contributed by atoms with van der Waals surface area (Å²) in [6, 6.07) is 14.3. The smallest absolute Gasteiger partial charge is 0.231 e. The average Bonchev–Trinajstić information content (AvgIpc) is 2.88. The molecule has 1 atom stereocenters. The van der Waals surface area contributed by atoms with Crippen molar-refractivity contribution in [3.8, 4) is 5.75 Å². The Bertz CT molecular complexity index is 861. The molecule has 1 amide bonds. The van der Waals surface area contributed by atoms with Crippen LogP contribution in [0.15, 0.2) is 48.7 Å². The maximum atomic E-state index is 13.5. The first-order valence-electron chi connectivity index (χ1n) is 12.0. The van der Waals surface area contributed by atoms with E-state index in [-0.39, 0.29) is 17.9 Å². The standard InChI is InChI=1S/C26H36N4O2/c1-21(28-16-18-29(19-17-28)23-12-6-7-13-24(23)32-2)20-30(25-14-8-9-15-27-25)26(31)22-10-4-3-5-11-22/h6-9,12-15,21-22H,3-5,10-11,16-20H2,1-2H3/t21-/m1/s1. The van der Waals surface area contributed by atoms with Gasteiger partial charge in [0.25, 0.3) is 0 Å². The maximum absolute atomic E-state index is 13.5. The van der Waals surface area contributed by atoms with Crippen molar-refractivity contribution < 1.29 is 9.53 Å². The van der Waals surface area contributed by atoms with Gasteiger partial charge in [0.15, 0.2) is 0 Å².